The summed E-state index contributed by atoms with van der Waals surface area (Å²) in [5, 5.41) is 24.0. The van der Waals surface area contributed by atoms with Crippen molar-refractivity contribution in [3.8, 4) is 0 Å². The molecule has 6 heteroatoms. The Hall–Kier alpha value is -3.54. The van der Waals surface area contributed by atoms with E-state index < -0.39 is 9.85 Å². The first-order valence-corrected chi connectivity index (χ1v) is 7.15. The lowest BCUT2D eigenvalue weighted by atomic mass is 10.0. The molecule has 0 amide bonds. The number of fused-ring (bicyclic) bond motifs is 1. The monoisotopic (exact) mass is 320 g/mol. The molecule has 0 aliphatic carbocycles. The zero-order valence-electron chi connectivity index (χ0n) is 12.5. The Morgan fingerprint density at radius 2 is 1.46 bits per heavy atom. The molecule has 0 aliphatic heterocycles. The molecule has 0 aromatic heterocycles. The van der Waals surface area contributed by atoms with Gasteiger partial charge in [-0.3, -0.25) is 20.2 Å². The molecule has 3 aromatic carbocycles. The third kappa shape index (κ3) is 2.98. The van der Waals surface area contributed by atoms with E-state index in [-0.39, 0.29) is 11.4 Å². The largest absolute Gasteiger partial charge is 0.283 e. The maximum absolute atomic E-state index is 11.2. The van der Waals surface area contributed by atoms with Crippen molar-refractivity contribution in [2.24, 2.45) is 0 Å². The highest BCUT2D eigenvalue weighted by Crippen LogP contribution is 2.27. The van der Waals surface area contributed by atoms with Crippen LogP contribution in [0, 0.1) is 20.2 Å². The van der Waals surface area contributed by atoms with E-state index in [1.54, 1.807) is 12.2 Å². The third-order valence-corrected chi connectivity index (χ3v) is 3.69. The van der Waals surface area contributed by atoms with E-state index >= 15 is 0 Å². The molecule has 0 unspecified atom stereocenters. The normalized spacial score (nSPS) is 11.0. The van der Waals surface area contributed by atoms with Crippen LogP contribution in [0.5, 0.6) is 0 Å². The number of nitro benzene ring substituents is 2. The Morgan fingerprint density at radius 3 is 2.21 bits per heavy atom. The summed E-state index contributed by atoms with van der Waals surface area (Å²) in [6, 6.07) is 17.3. The summed E-state index contributed by atoms with van der Waals surface area (Å²) in [5.74, 6) is 0. The van der Waals surface area contributed by atoms with E-state index in [0.29, 0.717) is 5.56 Å². The van der Waals surface area contributed by atoms with Gasteiger partial charge in [0.25, 0.3) is 11.4 Å². The summed E-state index contributed by atoms with van der Waals surface area (Å²) in [5.41, 5.74) is 0.643. The molecule has 0 atom stereocenters. The Bertz CT molecular complexity index is 974. The topological polar surface area (TPSA) is 86.3 Å². The summed E-state index contributed by atoms with van der Waals surface area (Å²) >= 11 is 0. The zero-order chi connectivity index (χ0) is 17.1. The highest BCUT2D eigenvalue weighted by molar-refractivity contribution is 5.93. The molecule has 3 aromatic rings. The van der Waals surface area contributed by atoms with Crippen LogP contribution < -0.4 is 0 Å². The van der Waals surface area contributed by atoms with Gasteiger partial charge in [-0.1, -0.05) is 48.5 Å². The van der Waals surface area contributed by atoms with Gasteiger partial charge in [-0.05, 0) is 28.5 Å². The molecule has 0 radical (unpaired) electrons. The quantitative estimate of drug-likeness (QED) is 0.391. The molecule has 24 heavy (non-hydrogen) atoms. The van der Waals surface area contributed by atoms with Crippen LogP contribution in [0.4, 0.5) is 11.4 Å². The van der Waals surface area contributed by atoms with Gasteiger partial charge < -0.3 is 0 Å². The van der Waals surface area contributed by atoms with Crippen LogP contribution in [0.15, 0.2) is 60.7 Å². The summed E-state index contributed by atoms with van der Waals surface area (Å²) in [6.07, 6.45) is 3.38. The first-order valence-electron chi connectivity index (χ1n) is 7.15. The molecule has 0 N–H and O–H groups in total. The molecule has 118 valence electrons. The minimum atomic E-state index is -0.648. The van der Waals surface area contributed by atoms with Crippen molar-refractivity contribution < 1.29 is 9.85 Å². The fourth-order valence-corrected chi connectivity index (χ4v) is 2.52. The van der Waals surface area contributed by atoms with Crippen LogP contribution in [0.2, 0.25) is 0 Å². The van der Waals surface area contributed by atoms with Crippen molar-refractivity contribution in [1.82, 2.24) is 0 Å². The average molecular weight is 320 g/mol. The molecule has 0 aliphatic rings. The molecule has 0 spiro atoms. The van der Waals surface area contributed by atoms with Gasteiger partial charge in [-0.25, -0.2) is 0 Å². The van der Waals surface area contributed by atoms with E-state index in [9.17, 15) is 20.2 Å². The fraction of sp³-hybridized carbons (Fsp3) is 0. The lowest BCUT2D eigenvalue weighted by Gasteiger charge is -2.02. The molecule has 0 fully saturated rings. The van der Waals surface area contributed by atoms with E-state index in [4.69, 9.17) is 0 Å². The molecule has 0 heterocycles. The predicted molar refractivity (Wildman–Crippen MR) is 92.6 cm³/mol. The predicted octanol–water partition coefficient (Wildman–Crippen LogP) is 4.83. The van der Waals surface area contributed by atoms with Gasteiger partial charge in [-0.2, -0.15) is 0 Å². The van der Waals surface area contributed by atoms with Gasteiger partial charge in [-0.15, -0.1) is 0 Å². The SMILES string of the molecule is O=[N+]([O-])c1ccc(/C=C/c2cccc3ccccc23)c([N+](=O)[O-])c1. The second-order valence-corrected chi connectivity index (χ2v) is 5.16. The maximum atomic E-state index is 11.2. The summed E-state index contributed by atoms with van der Waals surface area (Å²) < 4.78 is 0. The van der Waals surface area contributed by atoms with Gasteiger partial charge in [0.05, 0.1) is 21.5 Å². The summed E-state index contributed by atoms with van der Waals surface area (Å²) in [4.78, 5) is 20.7. The highest BCUT2D eigenvalue weighted by Gasteiger charge is 2.17. The minimum absolute atomic E-state index is 0.291. The number of nitro groups is 2. The van der Waals surface area contributed by atoms with Crippen LogP contribution in [0.1, 0.15) is 11.1 Å². The first kappa shape index (κ1) is 15.4. The van der Waals surface area contributed by atoms with Gasteiger partial charge in [0, 0.05) is 6.07 Å². The van der Waals surface area contributed by atoms with Crippen LogP contribution >= 0.6 is 0 Å². The Kier molecular flexibility index (Phi) is 4.03. The van der Waals surface area contributed by atoms with E-state index in [2.05, 4.69) is 0 Å². The average Bonchev–Trinajstić information content (AvgIpc) is 2.59. The number of benzene rings is 3. The van der Waals surface area contributed by atoms with E-state index in [1.165, 1.54) is 12.1 Å². The smallest absolute Gasteiger partial charge is 0.258 e. The van der Waals surface area contributed by atoms with Crippen LogP contribution in [0.3, 0.4) is 0 Å². The summed E-state index contributed by atoms with van der Waals surface area (Å²) in [7, 11) is 0. The number of hydrogen-bond acceptors (Lipinski definition) is 4. The lowest BCUT2D eigenvalue weighted by molar-refractivity contribution is -0.394. The lowest BCUT2D eigenvalue weighted by Crippen LogP contribution is -1.94. The first-order chi connectivity index (χ1) is 11.6. The number of rotatable bonds is 4. The molecular weight excluding hydrogens is 308 g/mol. The van der Waals surface area contributed by atoms with Crippen LogP contribution in [-0.4, -0.2) is 9.85 Å². The number of hydrogen-bond donors (Lipinski definition) is 0. The van der Waals surface area contributed by atoms with Crippen molar-refractivity contribution in [2.75, 3.05) is 0 Å². The number of nitrogens with zero attached hydrogens (tertiary/aromatic N) is 2. The van der Waals surface area contributed by atoms with E-state index in [0.717, 1.165) is 22.4 Å². The molecule has 0 bridgehead atoms. The van der Waals surface area contributed by atoms with E-state index in [1.807, 2.05) is 42.5 Å². The third-order valence-electron chi connectivity index (χ3n) is 3.69. The fourth-order valence-electron chi connectivity index (χ4n) is 2.52. The highest BCUT2D eigenvalue weighted by atomic mass is 16.6. The van der Waals surface area contributed by atoms with Gasteiger partial charge in [0.2, 0.25) is 0 Å². The van der Waals surface area contributed by atoms with Gasteiger partial charge >= 0.3 is 0 Å². The van der Waals surface area contributed by atoms with Gasteiger partial charge in [0.15, 0.2) is 0 Å². The standard InChI is InChI=1S/C18H12N2O4/c21-19(22)16-11-10-15(18(12-16)20(23)24)9-8-14-6-3-5-13-4-1-2-7-17(13)14/h1-12H/b9-8+. The second kappa shape index (κ2) is 6.29. The molecule has 3 rings (SSSR count). The van der Waals surface area contributed by atoms with Crippen molar-refractivity contribution in [2.45, 2.75) is 0 Å². The van der Waals surface area contributed by atoms with Crippen molar-refractivity contribution in [1.29, 1.82) is 0 Å². The minimum Gasteiger partial charge on any atom is -0.258 e. The number of non-ortho nitro benzene ring substituents is 1. The Morgan fingerprint density at radius 1 is 0.750 bits per heavy atom. The van der Waals surface area contributed by atoms with Gasteiger partial charge in [0.1, 0.15) is 0 Å². The Labute approximate surface area is 137 Å². The molecule has 0 saturated carbocycles. The van der Waals surface area contributed by atoms with Crippen molar-refractivity contribution in [3.05, 3.63) is 92.0 Å². The Balaban J connectivity index is 2.05. The molecule has 0 saturated heterocycles. The molecular formula is C18H12N2O4. The molecule has 6 nitrogen and oxygen atoms in total. The van der Waals surface area contributed by atoms with Crippen LogP contribution in [0.25, 0.3) is 22.9 Å². The second-order valence-electron chi connectivity index (χ2n) is 5.16. The van der Waals surface area contributed by atoms with Crippen molar-refractivity contribution >= 4 is 34.3 Å². The van der Waals surface area contributed by atoms with Crippen LogP contribution in [-0.2, 0) is 0 Å². The summed E-state index contributed by atoms with van der Waals surface area (Å²) in [6.45, 7) is 0. The zero-order valence-corrected chi connectivity index (χ0v) is 12.5. The maximum Gasteiger partial charge on any atom is 0.283 e. The van der Waals surface area contributed by atoms with Crippen molar-refractivity contribution in [3.63, 3.8) is 0 Å².